The summed E-state index contributed by atoms with van der Waals surface area (Å²) in [6.45, 7) is 5.59. The number of benzene rings is 2. The zero-order valence-corrected chi connectivity index (χ0v) is 17.0. The Morgan fingerprint density at radius 2 is 1.73 bits per heavy atom. The lowest BCUT2D eigenvalue weighted by Crippen LogP contribution is -2.41. The Hall–Kier alpha value is -3.55. The van der Waals surface area contributed by atoms with E-state index in [9.17, 15) is 24.5 Å². The van der Waals surface area contributed by atoms with Crippen molar-refractivity contribution >= 4 is 23.4 Å². The maximum Gasteiger partial charge on any atom is 0.282 e. The summed E-state index contributed by atoms with van der Waals surface area (Å²) in [7, 11) is 0. The second-order valence-electron chi connectivity index (χ2n) is 7.78. The van der Waals surface area contributed by atoms with Crippen LogP contribution in [-0.4, -0.2) is 34.1 Å². The molecule has 3 rings (SSSR count). The number of nitro benzene ring substituents is 1. The number of nitrogens with one attached hydrogen (secondary N) is 1. The first-order chi connectivity index (χ1) is 14.2. The van der Waals surface area contributed by atoms with Gasteiger partial charge >= 0.3 is 0 Å². The number of amides is 3. The predicted octanol–water partition coefficient (Wildman–Crippen LogP) is 3.27. The first-order valence-corrected chi connectivity index (χ1v) is 9.70. The highest BCUT2D eigenvalue weighted by molar-refractivity contribution is 6.24. The van der Waals surface area contributed by atoms with Gasteiger partial charge in [0.05, 0.1) is 16.5 Å². The van der Waals surface area contributed by atoms with E-state index < -0.39 is 34.9 Å². The van der Waals surface area contributed by atoms with Gasteiger partial charge in [-0.05, 0) is 36.5 Å². The quantitative estimate of drug-likeness (QED) is 0.429. The van der Waals surface area contributed by atoms with Crippen LogP contribution in [0.15, 0.2) is 42.5 Å². The van der Waals surface area contributed by atoms with Crippen LogP contribution in [0.3, 0.4) is 0 Å². The smallest absolute Gasteiger partial charge is 0.282 e. The van der Waals surface area contributed by atoms with E-state index >= 15 is 0 Å². The molecule has 0 aromatic heterocycles. The number of imide groups is 1. The van der Waals surface area contributed by atoms with Gasteiger partial charge in [0.25, 0.3) is 17.5 Å². The second-order valence-corrected chi connectivity index (χ2v) is 7.78. The lowest BCUT2D eigenvalue weighted by Gasteiger charge is -2.18. The summed E-state index contributed by atoms with van der Waals surface area (Å²) in [5.41, 5.74) is 1.34. The van der Waals surface area contributed by atoms with Gasteiger partial charge in [0.1, 0.15) is 12.1 Å². The molecule has 1 aliphatic heterocycles. The second kappa shape index (κ2) is 8.44. The van der Waals surface area contributed by atoms with Gasteiger partial charge in [-0.15, -0.1) is 0 Å². The highest BCUT2D eigenvalue weighted by Gasteiger charge is 2.41. The SMILES string of the molecule is CC(C)Cc1ccc(C(C)NC(=O)CN2C(=O)c3cccc([N+](=O)[O-])c3C2=O)cc1. The lowest BCUT2D eigenvalue weighted by molar-refractivity contribution is -0.385. The van der Waals surface area contributed by atoms with Crippen LogP contribution in [0.1, 0.15) is 58.7 Å². The van der Waals surface area contributed by atoms with Gasteiger partial charge in [-0.3, -0.25) is 29.4 Å². The minimum Gasteiger partial charge on any atom is -0.348 e. The van der Waals surface area contributed by atoms with Crippen molar-refractivity contribution in [3.63, 3.8) is 0 Å². The lowest BCUT2D eigenvalue weighted by atomic mass is 10.00. The Morgan fingerprint density at radius 3 is 2.33 bits per heavy atom. The summed E-state index contributed by atoms with van der Waals surface area (Å²) in [4.78, 5) is 48.7. The molecule has 3 amide bonds. The van der Waals surface area contributed by atoms with Gasteiger partial charge < -0.3 is 5.32 Å². The molecule has 1 heterocycles. The maximum atomic E-state index is 12.6. The molecule has 0 bridgehead atoms. The number of hydrogen-bond donors (Lipinski definition) is 1. The first kappa shape index (κ1) is 21.2. The van der Waals surface area contributed by atoms with Crippen LogP contribution < -0.4 is 5.32 Å². The molecule has 1 unspecified atom stereocenters. The number of nitro groups is 1. The predicted molar refractivity (Wildman–Crippen MR) is 110 cm³/mol. The van der Waals surface area contributed by atoms with Crippen molar-refractivity contribution in [2.24, 2.45) is 5.92 Å². The molecule has 1 N–H and O–H groups in total. The zero-order valence-electron chi connectivity index (χ0n) is 17.0. The van der Waals surface area contributed by atoms with Crippen LogP contribution in [-0.2, 0) is 11.2 Å². The Bertz CT molecular complexity index is 1010. The van der Waals surface area contributed by atoms with Crippen molar-refractivity contribution in [3.8, 4) is 0 Å². The minimum atomic E-state index is -0.830. The van der Waals surface area contributed by atoms with Gasteiger partial charge in [-0.2, -0.15) is 0 Å². The van der Waals surface area contributed by atoms with Gasteiger partial charge in [0.15, 0.2) is 0 Å². The fourth-order valence-electron chi connectivity index (χ4n) is 3.54. The molecule has 0 fully saturated rings. The minimum absolute atomic E-state index is 0.0595. The molecule has 0 spiro atoms. The third-order valence-electron chi connectivity index (χ3n) is 4.98. The number of rotatable bonds is 7. The van der Waals surface area contributed by atoms with Gasteiger partial charge in [-0.1, -0.05) is 44.2 Å². The molecular formula is C22H23N3O5. The number of nitrogens with zero attached hydrogens (tertiary/aromatic N) is 2. The third kappa shape index (κ3) is 4.22. The zero-order chi connectivity index (χ0) is 22.0. The molecule has 0 radical (unpaired) electrons. The van der Waals surface area contributed by atoms with Crippen LogP contribution in [0.2, 0.25) is 0 Å². The summed E-state index contributed by atoms with van der Waals surface area (Å²) in [6.07, 6.45) is 0.965. The Kier molecular flexibility index (Phi) is 5.96. The average molecular weight is 409 g/mol. The summed E-state index contributed by atoms with van der Waals surface area (Å²) >= 11 is 0. The van der Waals surface area contributed by atoms with Gasteiger partial charge in [0.2, 0.25) is 5.91 Å². The van der Waals surface area contributed by atoms with Crippen molar-refractivity contribution in [1.29, 1.82) is 0 Å². The molecule has 30 heavy (non-hydrogen) atoms. The number of fused-ring (bicyclic) bond motifs is 1. The van der Waals surface area contributed by atoms with Crippen LogP contribution in [0, 0.1) is 16.0 Å². The molecule has 0 saturated heterocycles. The molecular weight excluding hydrogens is 386 g/mol. The average Bonchev–Trinajstić information content (AvgIpc) is 2.93. The largest absolute Gasteiger partial charge is 0.348 e. The van der Waals surface area contributed by atoms with Crippen LogP contribution >= 0.6 is 0 Å². The molecule has 2 aromatic carbocycles. The number of carbonyl (C=O) groups excluding carboxylic acids is 3. The molecule has 8 heteroatoms. The Morgan fingerprint density at radius 1 is 1.07 bits per heavy atom. The molecule has 1 atom stereocenters. The third-order valence-corrected chi connectivity index (χ3v) is 4.98. The summed E-state index contributed by atoms with van der Waals surface area (Å²) in [5, 5.41) is 13.9. The van der Waals surface area contributed by atoms with E-state index in [-0.39, 0.29) is 17.2 Å². The fourth-order valence-corrected chi connectivity index (χ4v) is 3.54. The monoisotopic (exact) mass is 409 g/mol. The van der Waals surface area contributed by atoms with E-state index in [0.717, 1.165) is 16.9 Å². The maximum absolute atomic E-state index is 12.6. The van der Waals surface area contributed by atoms with E-state index in [4.69, 9.17) is 0 Å². The van der Waals surface area contributed by atoms with E-state index in [1.54, 1.807) is 0 Å². The topological polar surface area (TPSA) is 110 Å². The first-order valence-electron chi connectivity index (χ1n) is 9.70. The number of carbonyl (C=O) groups is 3. The highest BCUT2D eigenvalue weighted by Crippen LogP contribution is 2.30. The van der Waals surface area contributed by atoms with Gasteiger partial charge in [-0.25, -0.2) is 0 Å². The summed E-state index contributed by atoms with van der Waals surface area (Å²) in [5.74, 6) is -1.52. The summed E-state index contributed by atoms with van der Waals surface area (Å²) in [6, 6.07) is 11.4. The Labute approximate surface area is 174 Å². The van der Waals surface area contributed by atoms with Crippen LogP contribution in [0.5, 0.6) is 0 Å². The molecule has 0 aliphatic carbocycles. The van der Waals surface area contributed by atoms with E-state index in [0.29, 0.717) is 5.92 Å². The molecule has 0 saturated carbocycles. The van der Waals surface area contributed by atoms with Crippen molar-refractivity contribution in [2.45, 2.75) is 33.2 Å². The van der Waals surface area contributed by atoms with Crippen molar-refractivity contribution in [1.82, 2.24) is 10.2 Å². The molecule has 2 aromatic rings. The van der Waals surface area contributed by atoms with Crippen molar-refractivity contribution in [3.05, 3.63) is 74.8 Å². The van der Waals surface area contributed by atoms with Gasteiger partial charge in [0, 0.05) is 6.07 Å². The fraction of sp³-hybridized carbons (Fsp3) is 0.318. The number of hydrogen-bond acceptors (Lipinski definition) is 5. The van der Waals surface area contributed by atoms with Crippen LogP contribution in [0.4, 0.5) is 5.69 Å². The summed E-state index contributed by atoms with van der Waals surface area (Å²) < 4.78 is 0. The normalized spacial score (nSPS) is 14.1. The van der Waals surface area contributed by atoms with Crippen LogP contribution in [0.25, 0.3) is 0 Å². The molecule has 8 nitrogen and oxygen atoms in total. The molecule has 1 aliphatic rings. The Balaban J connectivity index is 1.68. The van der Waals surface area contributed by atoms with E-state index in [1.807, 2.05) is 31.2 Å². The van der Waals surface area contributed by atoms with E-state index in [2.05, 4.69) is 19.2 Å². The highest BCUT2D eigenvalue weighted by atomic mass is 16.6. The van der Waals surface area contributed by atoms with Crippen molar-refractivity contribution in [2.75, 3.05) is 6.54 Å². The standard InChI is InChI=1S/C22H23N3O5/c1-13(2)11-15-7-9-16(10-8-15)14(3)23-19(26)12-24-21(27)17-5-4-6-18(25(29)30)20(17)22(24)28/h4-10,13-14H,11-12H2,1-3H3,(H,23,26). The van der Waals surface area contributed by atoms with E-state index in [1.165, 1.54) is 23.8 Å². The van der Waals surface area contributed by atoms with Crippen molar-refractivity contribution < 1.29 is 19.3 Å². The molecule has 156 valence electrons.